The Bertz CT molecular complexity index is 1570. The van der Waals surface area contributed by atoms with E-state index in [0.29, 0.717) is 53.0 Å². The monoisotopic (exact) mass is 640 g/mol. The Labute approximate surface area is 262 Å². The summed E-state index contributed by atoms with van der Waals surface area (Å²) < 4.78 is 58.0. The molecule has 0 aliphatic heterocycles. The lowest BCUT2D eigenvalue weighted by Gasteiger charge is -2.13. The Morgan fingerprint density at radius 3 is 1.54 bits per heavy atom. The summed E-state index contributed by atoms with van der Waals surface area (Å²) in [5.41, 5.74) is 1.52. The van der Waals surface area contributed by atoms with Crippen LogP contribution in [0.3, 0.4) is 0 Å². The SMILES string of the molecule is O=C(Nc1ccc(OCF)cc1)c1cccnc1NCCCCCCNc1ncccc1C(=O)Nc1ccc(OC(F)(F)F)cc1. The predicted octanol–water partition coefficient (Wildman–Crippen LogP) is 7.27. The average Bonchev–Trinajstić information content (AvgIpc) is 3.04. The number of alkyl halides is 4. The summed E-state index contributed by atoms with van der Waals surface area (Å²) in [6.07, 6.45) is 1.80. The molecule has 0 fully saturated rings. The van der Waals surface area contributed by atoms with Crippen molar-refractivity contribution in [3.05, 3.63) is 96.3 Å². The van der Waals surface area contributed by atoms with Crippen LogP contribution in [0.5, 0.6) is 11.5 Å². The van der Waals surface area contributed by atoms with Crippen molar-refractivity contribution < 1.29 is 36.6 Å². The van der Waals surface area contributed by atoms with Crippen LogP contribution in [0.25, 0.3) is 0 Å². The number of hydrogen-bond acceptors (Lipinski definition) is 8. The molecule has 46 heavy (non-hydrogen) atoms. The van der Waals surface area contributed by atoms with E-state index in [1.807, 2.05) is 0 Å². The average molecular weight is 641 g/mol. The van der Waals surface area contributed by atoms with Gasteiger partial charge < -0.3 is 30.7 Å². The number of benzene rings is 2. The second-order valence-corrected chi connectivity index (χ2v) is 9.83. The Morgan fingerprint density at radius 1 is 0.652 bits per heavy atom. The second-order valence-electron chi connectivity index (χ2n) is 9.83. The van der Waals surface area contributed by atoms with Gasteiger partial charge in [0.25, 0.3) is 11.8 Å². The van der Waals surface area contributed by atoms with Gasteiger partial charge in [0.1, 0.15) is 23.1 Å². The normalized spacial score (nSPS) is 11.0. The number of ether oxygens (including phenoxy) is 2. The number of nitrogens with zero attached hydrogens (tertiary/aromatic N) is 2. The lowest BCUT2D eigenvalue weighted by molar-refractivity contribution is -0.274. The molecule has 0 aliphatic carbocycles. The first-order chi connectivity index (χ1) is 22.2. The molecule has 0 radical (unpaired) electrons. The van der Waals surface area contributed by atoms with Crippen molar-refractivity contribution in [1.82, 2.24) is 9.97 Å². The smallest absolute Gasteiger partial charge is 0.463 e. The summed E-state index contributed by atoms with van der Waals surface area (Å²) in [5, 5.41) is 11.8. The quantitative estimate of drug-likeness (QED) is 0.0744. The van der Waals surface area contributed by atoms with E-state index in [9.17, 15) is 27.2 Å². The number of carbonyl (C=O) groups is 2. The molecule has 4 rings (SSSR count). The van der Waals surface area contributed by atoms with E-state index in [-0.39, 0.29) is 11.7 Å². The van der Waals surface area contributed by atoms with Gasteiger partial charge in [-0.2, -0.15) is 0 Å². The van der Waals surface area contributed by atoms with E-state index in [1.54, 1.807) is 60.9 Å². The van der Waals surface area contributed by atoms with Crippen molar-refractivity contribution in [2.75, 3.05) is 41.2 Å². The first-order valence-corrected chi connectivity index (χ1v) is 14.4. The van der Waals surface area contributed by atoms with Crippen LogP contribution >= 0.6 is 0 Å². The molecule has 2 aromatic heterocycles. The van der Waals surface area contributed by atoms with Crippen LogP contribution in [0.1, 0.15) is 46.4 Å². The zero-order valence-corrected chi connectivity index (χ0v) is 24.6. The number of nitrogens with one attached hydrogen (secondary N) is 4. The molecule has 2 amide bonds. The maximum Gasteiger partial charge on any atom is 0.573 e. The molecule has 4 aromatic rings. The van der Waals surface area contributed by atoms with Crippen LogP contribution in [-0.4, -0.2) is 48.1 Å². The fourth-order valence-corrected chi connectivity index (χ4v) is 4.31. The van der Waals surface area contributed by atoms with Gasteiger partial charge in [-0.05, 0) is 85.6 Å². The third-order valence-electron chi connectivity index (χ3n) is 6.47. The van der Waals surface area contributed by atoms with Crippen molar-refractivity contribution in [3.63, 3.8) is 0 Å². The highest BCUT2D eigenvalue weighted by Gasteiger charge is 2.31. The molecular formula is C32H32F4N6O4. The maximum absolute atomic E-state index is 12.8. The van der Waals surface area contributed by atoms with Gasteiger partial charge in [0.05, 0.1) is 11.1 Å². The summed E-state index contributed by atoms with van der Waals surface area (Å²) >= 11 is 0. The zero-order chi connectivity index (χ0) is 32.8. The van der Waals surface area contributed by atoms with Gasteiger partial charge in [0.2, 0.25) is 6.86 Å². The summed E-state index contributed by atoms with van der Waals surface area (Å²) in [6, 6.07) is 17.8. The molecule has 2 heterocycles. The molecule has 0 saturated carbocycles. The minimum Gasteiger partial charge on any atom is -0.463 e. The molecule has 0 unspecified atom stereocenters. The van der Waals surface area contributed by atoms with E-state index in [2.05, 4.69) is 36.0 Å². The van der Waals surface area contributed by atoms with Crippen LogP contribution in [0, 0.1) is 0 Å². The van der Waals surface area contributed by atoms with E-state index in [1.165, 1.54) is 12.1 Å². The minimum atomic E-state index is -4.80. The molecular weight excluding hydrogens is 608 g/mol. The minimum absolute atomic E-state index is 0.292. The zero-order valence-electron chi connectivity index (χ0n) is 24.6. The molecule has 0 bridgehead atoms. The summed E-state index contributed by atoms with van der Waals surface area (Å²) in [6.45, 7) is 0.241. The van der Waals surface area contributed by atoms with Gasteiger partial charge in [-0.25, -0.2) is 14.4 Å². The number of aromatic nitrogens is 2. The van der Waals surface area contributed by atoms with Crippen LogP contribution in [0.15, 0.2) is 85.2 Å². The standard InChI is InChI=1S/C32H32F4N6O4/c33-21-45-24-13-9-22(10-14-24)41-30(43)26-7-5-19-39-28(26)37-17-3-1-2-4-18-38-29-27(8-6-20-40-29)31(44)42-23-11-15-25(16-12-23)46-32(34,35)36/h5-16,19-20H,1-4,17-18,21H2,(H,37,39)(H,38,40)(H,41,43)(H,42,44). The predicted molar refractivity (Wildman–Crippen MR) is 166 cm³/mol. The summed E-state index contributed by atoms with van der Waals surface area (Å²) in [7, 11) is 0. The number of carbonyl (C=O) groups excluding carboxylic acids is 2. The number of halogens is 4. The Morgan fingerprint density at radius 2 is 1.11 bits per heavy atom. The van der Waals surface area contributed by atoms with E-state index in [0.717, 1.165) is 37.8 Å². The van der Waals surface area contributed by atoms with Crippen molar-refractivity contribution in [2.45, 2.75) is 32.0 Å². The van der Waals surface area contributed by atoms with Crippen molar-refractivity contribution in [1.29, 1.82) is 0 Å². The van der Waals surface area contributed by atoms with Gasteiger partial charge in [0, 0.05) is 36.9 Å². The number of pyridine rings is 2. The molecule has 0 spiro atoms. The molecule has 0 saturated heterocycles. The third-order valence-corrected chi connectivity index (χ3v) is 6.47. The topological polar surface area (TPSA) is 127 Å². The molecule has 10 nitrogen and oxygen atoms in total. The molecule has 242 valence electrons. The Kier molecular flexibility index (Phi) is 12.1. The van der Waals surface area contributed by atoms with E-state index >= 15 is 0 Å². The highest BCUT2D eigenvalue weighted by molar-refractivity contribution is 6.08. The first kappa shape index (κ1) is 33.5. The molecule has 2 aromatic carbocycles. The number of amides is 2. The lowest BCUT2D eigenvalue weighted by Crippen LogP contribution is -2.17. The fraction of sp³-hybridized carbons (Fsp3) is 0.250. The molecule has 14 heteroatoms. The van der Waals surface area contributed by atoms with Crippen LogP contribution in [-0.2, 0) is 0 Å². The molecule has 4 N–H and O–H groups in total. The first-order valence-electron chi connectivity index (χ1n) is 14.4. The van der Waals surface area contributed by atoms with E-state index < -0.39 is 19.1 Å². The maximum atomic E-state index is 12.8. The summed E-state index contributed by atoms with van der Waals surface area (Å²) in [5.74, 6) is 0.0275. The second kappa shape index (κ2) is 16.6. The van der Waals surface area contributed by atoms with Crippen LogP contribution in [0.2, 0.25) is 0 Å². The summed E-state index contributed by atoms with van der Waals surface area (Å²) in [4.78, 5) is 34.2. The third kappa shape index (κ3) is 10.6. The van der Waals surface area contributed by atoms with Crippen molar-refractivity contribution >= 4 is 34.8 Å². The lowest BCUT2D eigenvalue weighted by atomic mass is 10.1. The van der Waals surface area contributed by atoms with Gasteiger partial charge in [-0.15, -0.1) is 13.2 Å². The number of unbranched alkanes of at least 4 members (excludes halogenated alkanes) is 3. The Hall–Kier alpha value is -5.40. The van der Waals surface area contributed by atoms with Gasteiger partial charge >= 0.3 is 6.36 Å². The van der Waals surface area contributed by atoms with Gasteiger partial charge in [-0.1, -0.05) is 12.8 Å². The van der Waals surface area contributed by atoms with Crippen molar-refractivity contribution in [3.8, 4) is 11.5 Å². The van der Waals surface area contributed by atoms with Gasteiger partial charge in [-0.3, -0.25) is 9.59 Å². The number of anilines is 4. The largest absolute Gasteiger partial charge is 0.573 e. The molecule has 0 atom stereocenters. The molecule has 0 aliphatic rings. The number of rotatable bonds is 16. The van der Waals surface area contributed by atoms with Crippen molar-refractivity contribution in [2.24, 2.45) is 0 Å². The fourth-order valence-electron chi connectivity index (χ4n) is 4.31. The van der Waals surface area contributed by atoms with E-state index in [4.69, 9.17) is 4.74 Å². The Balaban J connectivity index is 1.17. The van der Waals surface area contributed by atoms with Crippen LogP contribution < -0.4 is 30.7 Å². The highest BCUT2D eigenvalue weighted by Crippen LogP contribution is 2.25. The van der Waals surface area contributed by atoms with Gasteiger partial charge in [0.15, 0.2) is 0 Å². The highest BCUT2D eigenvalue weighted by atomic mass is 19.4. The number of hydrogen-bond donors (Lipinski definition) is 4. The van der Waals surface area contributed by atoms with Crippen LogP contribution in [0.4, 0.5) is 40.6 Å².